The lowest BCUT2D eigenvalue weighted by Crippen LogP contribution is -2.30. The number of fused-ring (bicyclic) bond motifs is 2. The molecule has 4 rings (SSSR count). The molecule has 2 amide bonds. The van der Waals surface area contributed by atoms with Crippen molar-refractivity contribution in [3.05, 3.63) is 83.3 Å². The zero-order valence-corrected chi connectivity index (χ0v) is 16.5. The van der Waals surface area contributed by atoms with E-state index < -0.39 is 0 Å². The monoisotopic (exact) mass is 407 g/mol. The van der Waals surface area contributed by atoms with Gasteiger partial charge in [0.25, 0.3) is 11.8 Å². The quantitative estimate of drug-likeness (QED) is 0.701. The van der Waals surface area contributed by atoms with Gasteiger partial charge < -0.3 is 10.2 Å². The van der Waals surface area contributed by atoms with Gasteiger partial charge in [0, 0.05) is 29.7 Å². The molecule has 1 aliphatic heterocycles. The van der Waals surface area contributed by atoms with Crippen molar-refractivity contribution >= 4 is 29.3 Å². The van der Waals surface area contributed by atoms with Gasteiger partial charge in [-0.25, -0.2) is 9.37 Å². The van der Waals surface area contributed by atoms with Gasteiger partial charge in [0.2, 0.25) is 0 Å². The topological polar surface area (TPSA) is 62.3 Å². The third kappa shape index (κ3) is 3.86. The van der Waals surface area contributed by atoms with Gasteiger partial charge in [-0.2, -0.15) is 0 Å². The Kier molecular flexibility index (Phi) is 5.31. The molecule has 2 aromatic carbocycles. The van der Waals surface area contributed by atoms with E-state index in [1.807, 2.05) is 25.1 Å². The van der Waals surface area contributed by atoms with Gasteiger partial charge in [-0.05, 0) is 61.0 Å². The molecule has 1 N–H and O–H groups in total. The third-order valence-electron chi connectivity index (χ3n) is 4.64. The standard InChI is InChI=1S/C22H18FN3O2S/c1-2-26-18-10-5-14(13-25-20(27)15-6-8-16(23)9-7-15)12-19(18)29-21-17(22(26)28)4-3-11-24-21/h3-12H,2,13H2,1H3,(H,25,27). The maximum atomic E-state index is 13.0. The summed E-state index contributed by atoms with van der Waals surface area (Å²) in [4.78, 5) is 32.2. The van der Waals surface area contributed by atoms with Crippen LogP contribution >= 0.6 is 11.8 Å². The molecule has 0 saturated carbocycles. The molecule has 146 valence electrons. The first kappa shape index (κ1) is 19.1. The first-order valence-corrected chi connectivity index (χ1v) is 10.00. The second-order valence-electron chi connectivity index (χ2n) is 6.50. The lowest BCUT2D eigenvalue weighted by molar-refractivity contribution is 0.0949. The fraction of sp³-hybridized carbons (Fsp3) is 0.136. The lowest BCUT2D eigenvalue weighted by Gasteiger charge is -2.21. The van der Waals surface area contributed by atoms with E-state index in [1.165, 1.54) is 36.0 Å². The lowest BCUT2D eigenvalue weighted by atomic mass is 10.1. The van der Waals surface area contributed by atoms with Crippen LogP contribution in [0.3, 0.4) is 0 Å². The highest BCUT2D eigenvalue weighted by atomic mass is 32.2. The fourth-order valence-electron chi connectivity index (χ4n) is 3.17. The van der Waals surface area contributed by atoms with E-state index in [2.05, 4.69) is 10.3 Å². The molecular formula is C22H18FN3O2S. The smallest absolute Gasteiger partial charge is 0.261 e. The van der Waals surface area contributed by atoms with Crippen LogP contribution in [0.5, 0.6) is 0 Å². The Morgan fingerprint density at radius 2 is 1.97 bits per heavy atom. The molecule has 0 saturated heterocycles. The Balaban J connectivity index is 1.58. The Morgan fingerprint density at radius 3 is 2.72 bits per heavy atom. The minimum atomic E-state index is -0.381. The number of carbonyl (C=O) groups is 2. The number of anilines is 1. The predicted octanol–water partition coefficient (Wildman–Crippen LogP) is 4.28. The zero-order chi connectivity index (χ0) is 20.4. The van der Waals surface area contributed by atoms with Gasteiger partial charge in [0.15, 0.2) is 0 Å². The number of amides is 2. The number of hydrogen-bond acceptors (Lipinski definition) is 4. The van der Waals surface area contributed by atoms with Crippen LogP contribution in [0.4, 0.5) is 10.1 Å². The molecule has 0 unspecified atom stereocenters. The second kappa shape index (κ2) is 8.05. The molecule has 7 heteroatoms. The average molecular weight is 407 g/mol. The Morgan fingerprint density at radius 1 is 1.17 bits per heavy atom. The number of pyridine rings is 1. The van der Waals surface area contributed by atoms with Crippen LogP contribution in [-0.4, -0.2) is 23.3 Å². The number of nitrogens with zero attached hydrogens (tertiary/aromatic N) is 2. The highest BCUT2D eigenvalue weighted by Crippen LogP contribution is 2.40. The van der Waals surface area contributed by atoms with E-state index in [0.717, 1.165) is 16.1 Å². The van der Waals surface area contributed by atoms with Crippen molar-refractivity contribution in [2.75, 3.05) is 11.4 Å². The maximum Gasteiger partial charge on any atom is 0.261 e. The molecule has 3 aromatic rings. The van der Waals surface area contributed by atoms with Crippen molar-refractivity contribution in [2.24, 2.45) is 0 Å². The number of hydrogen-bond donors (Lipinski definition) is 1. The summed E-state index contributed by atoms with van der Waals surface area (Å²) in [5.41, 5.74) is 2.71. The van der Waals surface area contributed by atoms with E-state index in [-0.39, 0.29) is 17.6 Å². The minimum Gasteiger partial charge on any atom is -0.348 e. The Bertz CT molecular complexity index is 1090. The molecule has 5 nitrogen and oxygen atoms in total. The van der Waals surface area contributed by atoms with Crippen molar-refractivity contribution in [3.8, 4) is 0 Å². The Hall–Kier alpha value is -3.19. The van der Waals surface area contributed by atoms with Gasteiger partial charge in [-0.15, -0.1) is 0 Å². The van der Waals surface area contributed by atoms with Crippen molar-refractivity contribution in [1.82, 2.24) is 10.3 Å². The maximum absolute atomic E-state index is 13.0. The molecule has 29 heavy (non-hydrogen) atoms. The first-order chi connectivity index (χ1) is 14.1. The number of carbonyl (C=O) groups excluding carboxylic acids is 2. The Labute approximate surface area is 172 Å². The van der Waals surface area contributed by atoms with Crippen LogP contribution < -0.4 is 10.2 Å². The van der Waals surface area contributed by atoms with Crippen LogP contribution in [0.1, 0.15) is 33.2 Å². The van der Waals surface area contributed by atoms with Crippen LogP contribution in [0.2, 0.25) is 0 Å². The molecular weight excluding hydrogens is 389 g/mol. The molecule has 0 bridgehead atoms. The van der Waals surface area contributed by atoms with E-state index in [0.29, 0.717) is 29.2 Å². The second-order valence-corrected chi connectivity index (χ2v) is 7.53. The summed E-state index contributed by atoms with van der Waals surface area (Å²) in [6.07, 6.45) is 1.67. The highest BCUT2D eigenvalue weighted by molar-refractivity contribution is 7.99. The molecule has 2 heterocycles. The minimum absolute atomic E-state index is 0.0702. The zero-order valence-electron chi connectivity index (χ0n) is 15.7. The molecule has 1 aromatic heterocycles. The average Bonchev–Trinajstić information content (AvgIpc) is 2.86. The first-order valence-electron chi connectivity index (χ1n) is 9.18. The van der Waals surface area contributed by atoms with Gasteiger partial charge in [0.1, 0.15) is 10.8 Å². The molecule has 0 radical (unpaired) electrons. The van der Waals surface area contributed by atoms with E-state index >= 15 is 0 Å². The van der Waals surface area contributed by atoms with Crippen LogP contribution in [0.15, 0.2) is 70.7 Å². The van der Waals surface area contributed by atoms with E-state index in [4.69, 9.17) is 0 Å². The molecule has 0 atom stereocenters. The van der Waals surface area contributed by atoms with Crippen LogP contribution in [0, 0.1) is 5.82 Å². The molecule has 0 spiro atoms. The van der Waals surface area contributed by atoms with Crippen molar-refractivity contribution < 1.29 is 14.0 Å². The number of rotatable bonds is 4. The summed E-state index contributed by atoms with van der Waals surface area (Å²) >= 11 is 1.44. The van der Waals surface area contributed by atoms with Gasteiger partial charge in [-0.3, -0.25) is 9.59 Å². The molecule has 1 aliphatic rings. The SMILES string of the molecule is CCN1C(=O)c2cccnc2Sc2cc(CNC(=O)c3ccc(F)cc3)ccc21. The molecule has 0 aliphatic carbocycles. The summed E-state index contributed by atoms with van der Waals surface area (Å²) in [6, 6.07) is 14.7. The third-order valence-corrected chi connectivity index (χ3v) is 5.71. The number of benzene rings is 2. The van der Waals surface area contributed by atoms with Crippen molar-refractivity contribution in [3.63, 3.8) is 0 Å². The summed E-state index contributed by atoms with van der Waals surface area (Å²) < 4.78 is 13.0. The number of halogens is 1. The van der Waals surface area contributed by atoms with Gasteiger partial charge in [0.05, 0.1) is 11.3 Å². The summed E-state index contributed by atoms with van der Waals surface area (Å²) in [6.45, 7) is 2.80. The number of aromatic nitrogens is 1. The van der Waals surface area contributed by atoms with Crippen LogP contribution in [-0.2, 0) is 6.54 Å². The molecule has 0 fully saturated rings. The highest BCUT2D eigenvalue weighted by Gasteiger charge is 2.27. The van der Waals surface area contributed by atoms with E-state index in [9.17, 15) is 14.0 Å². The largest absolute Gasteiger partial charge is 0.348 e. The van der Waals surface area contributed by atoms with Gasteiger partial charge in [-0.1, -0.05) is 17.8 Å². The summed E-state index contributed by atoms with van der Waals surface area (Å²) in [7, 11) is 0. The van der Waals surface area contributed by atoms with Crippen molar-refractivity contribution in [2.45, 2.75) is 23.4 Å². The van der Waals surface area contributed by atoms with Gasteiger partial charge >= 0.3 is 0 Å². The van der Waals surface area contributed by atoms with Crippen molar-refractivity contribution in [1.29, 1.82) is 0 Å². The van der Waals surface area contributed by atoms with Crippen LogP contribution in [0.25, 0.3) is 0 Å². The predicted molar refractivity (Wildman–Crippen MR) is 110 cm³/mol. The van der Waals surface area contributed by atoms with E-state index in [1.54, 1.807) is 23.2 Å². The number of nitrogens with one attached hydrogen (secondary N) is 1. The fourth-order valence-corrected chi connectivity index (χ4v) is 4.25. The summed E-state index contributed by atoms with van der Waals surface area (Å²) in [5.74, 6) is -0.725. The normalized spacial score (nSPS) is 12.8. The summed E-state index contributed by atoms with van der Waals surface area (Å²) in [5, 5.41) is 3.51.